The topological polar surface area (TPSA) is 126 Å². The van der Waals surface area contributed by atoms with Crippen molar-refractivity contribution in [1.29, 1.82) is 0 Å². The summed E-state index contributed by atoms with van der Waals surface area (Å²) in [4.78, 5) is 32.9. The Morgan fingerprint density at radius 2 is 1.85 bits per heavy atom. The van der Waals surface area contributed by atoms with E-state index in [-0.39, 0.29) is 16.8 Å². The van der Waals surface area contributed by atoms with E-state index in [1.807, 2.05) is 13.8 Å². The van der Waals surface area contributed by atoms with Crippen molar-refractivity contribution in [3.05, 3.63) is 35.6 Å². The lowest BCUT2D eigenvalue weighted by molar-refractivity contribution is -0.174. The molecular weight excluding hydrogens is 460 g/mol. The first-order chi connectivity index (χ1) is 15.7. The number of methoxy groups -OCH3 is 1. The number of nitrogens with zero attached hydrogens (tertiary/aromatic N) is 2. The lowest BCUT2D eigenvalue weighted by Gasteiger charge is -2.36. The first kappa shape index (κ1) is 27.3. The smallest absolute Gasteiger partial charge is 0.412 e. The van der Waals surface area contributed by atoms with E-state index in [0.717, 1.165) is 0 Å². The number of amides is 1. The SMILES string of the molecule is COC(=O)Nc1cc(-c2ccc(O[C@H](N)C(C)(CC(C)C)C(=O)OC(C)(C)C)c(Cl)n2)ccn1. The third-order valence-electron chi connectivity index (χ3n) is 4.87. The predicted molar refractivity (Wildman–Crippen MR) is 131 cm³/mol. The maximum absolute atomic E-state index is 13.0. The molecule has 0 spiro atoms. The van der Waals surface area contributed by atoms with Gasteiger partial charge in [0.15, 0.2) is 17.1 Å². The summed E-state index contributed by atoms with van der Waals surface area (Å²) in [5.41, 5.74) is 5.80. The van der Waals surface area contributed by atoms with Crippen LogP contribution >= 0.6 is 11.6 Å². The summed E-state index contributed by atoms with van der Waals surface area (Å²) >= 11 is 6.40. The lowest BCUT2D eigenvalue weighted by atomic mass is 9.80. The van der Waals surface area contributed by atoms with Gasteiger partial charge in [-0.3, -0.25) is 15.8 Å². The van der Waals surface area contributed by atoms with E-state index >= 15 is 0 Å². The highest BCUT2D eigenvalue weighted by Crippen LogP contribution is 2.36. The number of carbonyl (C=O) groups is 2. The van der Waals surface area contributed by atoms with Crippen LogP contribution in [-0.2, 0) is 14.3 Å². The fourth-order valence-corrected chi connectivity index (χ4v) is 3.51. The number of nitrogens with two attached hydrogens (primary N) is 1. The Balaban J connectivity index is 2.27. The predicted octanol–water partition coefficient (Wildman–Crippen LogP) is 5.03. The summed E-state index contributed by atoms with van der Waals surface area (Å²) < 4.78 is 16.1. The molecule has 0 aliphatic heterocycles. The Labute approximate surface area is 205 Å². The first-order valence-electron chi connectivity index (χ1n) is 10.9. The zero-order chi connectivity index (χ0) is 25.7. The van der Waals surface area contributed by atoms with E-state index in [1.165, 1.54) is 13.3 Å². The normalized spacial score (nSPS) is 14.2. The number of pyridine rings is 2. The third kappa shape index (κ3) is 7.30. The molecule has 9 nitrogen and oxygen atoms in total. The second-order valence-electron chi connectivity index (χ2n) is 9.59. The third-order valence-corrected chi connectivity index (χ3v) is 5.14. The molecule has 10 heteroatoms. The average Bonchev–Trinajstić information content (AvgIpc) is 2.73. The molecule has 2 aromatic heterocycles. The van der Waals surface area contributed by atoms with Crippen LogP contribution in [0.2, 0.25) is 5.15 Å². The molecule has 0 aromatic carbocycles. The summed E-state index contributed by atoms with van der Waals surface area (Å²) in [6.45, 7) is 11.1. The maximum atomic E-state index is 13.0. The molecule has 0 fully saturated rings. The number of rotatable bonds is 8. The van der Waals surface area contributed by atoms with Crippen molar-refractivity contribution in [2.75, 3.05) is 12.4 Å². The van der Waals surface area contributed by atoms with Crippen LogP contribution in [0.3, 0.4) is 0 Å². The van der Waals surface area contributed by atoms with Crippen LogP contribution in [0.5, 0.6) is 5.75 Å². The molecule has 2 atom stereocenters. The van der Waals surface area contributed by atoms with Crippen LogP contribution in [0, 0.1) is 11.3 Å². The quantitative estimate of drug-likeness (QED) is 0.298. The van der Waals surface area contributed by atoms with Gasteiger partial charge in [0.2, 0.25) is 0 Å². The molecular formula is C24H33ClN4O5. The Morgan fingerprint density at radius 3 is 2.41 bits per heavy atom. The highest BCUT2D eigenvalue weighted by atomic mass is 35.5. The molecule has 3 N–H and O–H groups in total. The largest absolute Gasteiger partial charge is 0.471 e. The van der Waals surface area contributed by atoms with Gasteiger partial charge in [-0.25, -0.2) is 14.8 Å². The molecule has 0 aliphatic rings. The number of aromatic nitrogens is 2. The molecule has 2 heterocycles. The second-order valence-corrected chi connectivity index (χ2v) is 9.95. The summed E-state index contributed by atoms with van der Waals surface area (Å²) in [6.07, 6.45) is 0.322. The number of nitrogens with one attached hydrogen (secondary N) is 1. The Morgan fingerprint density at radius 1 is 1.18 bits per heavy atom. The average molecular weight is 493 g/mol. The highest BCUT2D eigenvalue weighted by molar-refractivity contribution is 6.31. The molecule has 2 aromatic rings. The Bertz CT molecular complexity index is 1020. The van der Waals surface area contributed by atoms with E-state index in [2.05, 4.69) is 20.0 Å². The molecule has 0 bridgehead atoms. The first-order valence-corrected chi connectivity index (χ1v) is 11.3. The second kappa shape index (κ2) is 11.0. The number of carbonyl (C=O) groups excluding carboxylic acids is 2. The van der Waals surface area contributed by atoms with Gasteiger partial charge >= 0.3 is 12.1 Å². The van der Waals surface area contributed by atoms with E-state index in [1.54, 1.807) is 52.0 Å². The maximum Gasteiger partial charge on any atom is 0.412 e. The molecule has 34 heavy (non-hydrogen) atoms. The Hall–Kier alpha value is -2.91. The van der Waals surface area contributed by atoms with Crippen LogP contribution < -0.4 is 15.8 Å². The van der Waals surface area contributed by atoms with Gasteiger partial charge in [-0.1, -0.05) is 25.4 Å². The van der Waals surface area contributed by atoms with E-state index in [4.69, 9.17) is 26.8 Å². The number of hydrogen-bond donors (Lipinski definition) is 2. The minimum Gasteiger partial charge on any atom is -0.471 e. The van der Waals surface area contributed by atoms with E-state index < -0.39 is 29.3 Å². The van der Waals surface area contributed by atoms with Crippen LogP contribution in [0.25, 0.3) is 11.3 Å². The fourth-order valence-electron chi connectivity index (χ4n) is 3.31. The van der Waals surface area contributed by atoms with Crippen molar-refractivity contribution in [3.8, 4) is 17.0 Å². The summed E-state index contributed by atoms with van der Waals surface area (Å²) in [5.74, 6) is 0.261. The summed E-state index contributed by atoms with van der Waals surface area (Å²) in [5, 5.41) is 2.57. The van der Waals surface area contributed by atoms with Crippen molar-refractivity contribution >= 4 is 29.5 Å². The van der Waals surface area contributed by atoms with Gasteiger partial charge in [-0.15, -0.1) is 0 Å². The van der Waals surface area contributed by atoms with Gasteiger partial charge in [0.1, 0.15) is 16.8 Å². The van der Waals surface area contributed by atoms with Crippen molar-refractivity contribution in [3.63, 3.8) is 0 Å². The highest BCUT2D eigenvalue weighted by Gasteiger charge is 2.45. The summed E-state index contributed by atoms with van der Waals surface area (Å²) in [7, 11) is 1.26. The number of ether oxygens (including phenoxy) is 3. The van der Waals surface area contributed by atoms with Crippen LogP contribution in [-0.4, -0.2) is 41.0 Å². The van der Waals surface area contributed by atoms with Crippen molar-refractivity contribution in [1.82, 2.24) is 9.97 Å². The molecule has 0 saturated carbocycles. The molecule has 0 saturated heterocycles. The lowest BCUT2D eigenvalue weighted by Crippen LogP contribution is -2.52. The van der Waals surface area contributed by atoms with Gasteiger partial charge in [0, 0.05) is 11.8 Å². The standard InChI is InChI=1S/C24H33ClN4O5/c1-14(2)13-24(6,21(30)34-23(3,4)5)20(26)33-17-9-8-16(28-19(17)25)15-10-11-27-18(12-15)29-22(31)32-7/h8-12,14,20H,13,26H2,1-7H3,(H,27,29,31)/t20-,24?/m0/s1. The van der Waals surface area contributed by atoms with Gasteiger partial charge in [0.05, 0.1) is 12.8 Å². The molecule has 1 unspecified atom stereocenters. The number of hydrogen-bond acceptors (Lipinski definition) is 8. The summed E-state index contributed by atoms with van der Waals surface area (Å²) in [6, 6.07) is 6.67. The number of halogens is 1. The van der Waals surface area contributed by atoms with Crippen LogP contribution in [0.15, 0.2) is 30.5 Å². The van der Waals surface area contributed by atoms with Gasteiger partial charge in [-0.05, 0) is 64.3 Å². The van der Waals surface area contributed by atoms with E-state index in [9.17, 15) is 9.59 Å². The molecule has 1 amide bonds. The van der Waals surface area contributed by atoms with Crippen molar-refractivity contribution in [2.24, 2.45) is 17.1 Å². The van der Waals surface area contributed by atoms with Crippen molar-refractivity contribution < 1.29 is 23.8 Å². The van der Waals surface area contributed by atoms with Gasteiger partial charge in [0.25, 0.3) is 0 Å². The number of esters is 1. The fraction of sp³-hybridized carbons (Fsp3) is 0.500. The van der Waals surface area contributed by atoms with Gasteiger partial charge in [-0.2, -0.15) is 0 Å². The van der Waals surface area contributed by atoms with Crippen molar-refractivity contribution in [2.45, 2.75) is 59.8 Å². The molecule has 0 aliphatic carbocycles. The minimum absolute atomic E-state index is 0.0725. The monoisotopic (exact) mass is 492 g/mol. The molecule has 2 rings (SSSR count). The minimum atomic E-state index is -1.11. The van der Waals surface area contributed by atoms with E-state index in [0.29, 0.717) is 23.5 Å². The zero-order valence-corrected chi connectivity index (χ0v) is 21.4. The Kier molecular flexibility index (Phi) is 8.85. The zero-order valence-electron chi connectivity index (χ0n) is 20.6. The van der Waals surface area contributed by atoms with Crippen LogP contribution in [0.1, 0.15) is 48.0 Å². The van der Waals surface area contributed by atoms with Crippen LogP contribution in [0.4, 0.5) is 10.6 Å². The number of anilines is 1. The molecule has 0 radical (unpaired) electrons. The molecule has 186 valence electrons. The van der Waals surface area contributed by atoms with Gasteiger partial charge < -0.3 is 14.2 Å².